The summed E-state index contributed by atoms with van der Waals surface area (Å²) in [5, 5.41) is 7.34. The van der Waals surface area contributed by atoms with Crippen molar-refractivity contribution in [2.24, 2.45) is 7.05 Å². The van der Waals surface area contributed by atoms with E-state index < -0.39 is 0 Å². The SMILES string of the molecule is Cn1nc(C(=O)N2CCCC2)c2c1CCN(C(=O)CCC(=O)NC[C@H]1CCCO1)C2. The van der Waals surface area contributed by atoms with E-state index in [0.29, 0.717) is 31.7 Å². The van der Waals surface area contributed by atoms with Gasteiger partial charge in [-0.25, -0.2) is 0 Å². The lowest BCUT2D eigenvalue weighted by Gasteiger charge is -2.28. The number of rotatable bonds is 6. The fraction of sp³-hybridized carbons (Fsp3) is 0.714. The largest absolute Gasteiger partial charge is 0.376 e. The summed E-state index contributed by atoms with van der Waals surface area (Å²) in [4.78, 5) is 41.3. The van der Waals surface area contributed by atoms with E-state index in [1.165, 1.54) is 0 Å². The Morgan fingerprint density at radius 2 is 1.90 bits per heavy atom. The van der Waals surface area contributed by atoms with Gasteiger partial charge in [0, 0.05) is 76.9 Å². The van der Waals surface area contributed by atoms with Crippen molar-refractivity contribution >= 4 is 17.7 Å². The summed E-state index contributed by atoms with van der Waals surface area (Å²) in [5.41, 5.74) is 2.36. The van der Waals surface area contributed by atoms with Crippen LogP contribution in [-0.4, -0.2) is 76.2 Å². The number of fused-ring (bicyclic) bond motifs is 1. The van der Waals surface area contributed by atoms with Crippen LogP contribution < -0.4 is 5.32 Å². The molecule has 164 valence electrons. The Labute approximate surface area is 176 Å². The minimum absolute atomic E-state index is 0.0350. The second kappa shape index (κ2) is 9.16. The predicted octanol–water partition coefficient (Wildman–Crippen LogP) is 0.616. The maximum atomic E-state index is 12.9. The van der Waals surface area contributed by atoms with Crippen LogP contribution in [0.1, 0.15) is 60.3 Å². The molecule has 3 aliphatic rings. The second-order valence-corrected chi connectivity index (χ2v) is 8.40. The van der Waals surface area contributed by atoms with Crippen molar-refractivity contribution in [3.05, 3.63) is 17.0 Å². The van der Waals surface area contributed by atoms with Gasteiger partial charge in [-0.15, -0.1) is 0 Å². The van der Waals surface area contributed by atoms with Crippen LogP contribution in [0.25, 0.3) is 0 Å². The minimum atomic E-state index is -0.122. The Bertz CT molecular complexity index is 809. The highest BCUT2D eigenvalue weighted by molar-refractivity contribution is 5.94. The molecule has 3 aliphatic heterocycles. The zero-order chi connectivity index (χ0) is 21.1. The van der Waals surface area contributed by atoms with Gasteiger partial charge in [0.1, 0.15) is 0 Å². The van der Waals surface area contributed by atoms with Crippen LogP contribution in [-0.2, 0) is 34.3 Å². The van der Waals surface area contributed by atoms with Gasteiger partial charge in [-0.2, -0.15) is 5.10 Å². The molecule has 0 aliphatic carbocycles. The van der Waals surface area contributed by atoms with Gasteiger partial charge in [0.15, 0.2) is 5.69 Å². The zero-order valence-electron chi connectivity index (χ0n) is 17.7. The maximum absolute atomic E-state index is 12.9. The van der Waals surface area contributed by atoms with E-state index in [-0.39, 0.29) is 36.7 Å². The zero-order valence-corrected chi connectivity index (χ0v) is 17.7. The third-order valence-corrected chi connectivity index (χ3v) is 6.31. The van der Waals surface area contributed by atoms with E-state index in [4.69, 9.17) is 4.74 Å². The normalized spacial score (nSPS) is 21.0. The Balaban J connectivity index is 1.32. The maximum Gasteiger partial charge on any atom is 0.274 e. The molecule has 9 heteroatoms. The number of hydrogen-bond donors (Lipinski definition) is 1. The van der Waals surface area contributed by atoms with Gasteiger partial charge >= 0.3 is 0 Å². The lowest BCUT2D eigenvalue weighted by atomic mass is 10.0. The number of amides is 3. The van der Waals surface area contributed by atoms with Crippen LogP contribution in [0.3, 0.4) is 0 Å². The lowest BCUT2D eigenvalue weighted by molar-refractivity contribution is -0.134. The fourth-order valence-corrected chi connectivity index (χ4v) is 4.55. The molecular formula is C21H31N5O4. The summed E-state index contributed by atoms with van der Waals surface area (Å²) in [6.45, 7) is 3.78. The average molecular weight is 418 g/mol. The lowest BCUT2D eigenvalue weighted by Crippen LogP contribution is -2.38. The molecule has 0 bridgehead atoms. The molecular weight excluding hydrogens is 386 g/mol. The van der Waals surface area contributed by atoms with E-state index in [9.17, 15) is 14.4 Å². The Morgan fingerprint density at radius 1 is 1.10 bits per heavy atom. The molecule has 2 fully saturated rings. The summed E-state index contributed by atoms with van der Waals surface area (Å²) in [6, 6.07) is 0. The van der Waals surface area contributed by atoms with Crippen LogP contribution in [0.15, 0.2) is 0 Å². The molecule has 30 heavy (non-hydrogen) atoms. The quantitative estimate of drug-likeness (QED) is 0.732. The number of nitrogens with one attached hydrogen (secondary N) is 1. The molecule has 1 atom stereocenters. The van der Waals surface area contributed by atoms with Gasteiger partial charge in [0.25, 0.3) is 5.91 Å². The second-order valence-electron chi connectivity index (χ2n) is 8.40. The van der Waals surface area contributed by atoms with Gasteiger partial charge in [-0.1, -0.05) is 0 Å². The van der Waals surface area contributed by atoms with Crippen LogP contribution in [0.4, 0.5) is 0 Å². The van der Waals surface area contributed by atoms with Crippen molar-refractivity contribution in [2.45, 2.75) is 57.6 Å². The number of likely N-dealkylation sites (tertiary alicyclic amines) is 1. The third-order valence-electron chi connectivity index (χ3n) is 6.31. The smallest absolute Gasteiger partial charge is 0.274 e. The molecule has 3 amide bonds. The molecule has 0 aromatic carbocycles. The van der Waals surface area contributed by atoms with E-state index in [2.05, 4.69) is 10.4 Å². The number of nitrogens with zero attached hydrogens (tertiary/aromatic N) is 4. The molecule has 0 unspecified atom stereocenters. The summed E-state index contributed by atoms with van der Waals surface area (Å²) in [5.74, 6) is -0.216. The highest BCUT2D eigenvalue weighted by Crippen LogP contribution is 2.25. The molecule has 4 rings (SSSR count). The molecule has 0 saturated carbocycles. The summed E-state index contributed by atoms with van der Waals surface area (Å²) >= 11 is 0. The number of carbonyl (C=O) groups is 3. The Morgan fingerprint density at radius 3 is 2.63 bits per heavy atom. The molecule has 1 aromatic heterocycles. The molecule has 4 heterocycles. The highest BCUT2D eigenvalue weighted by atomic mass is 16.5. The first-order valence-electron chi connectivity index (χ1n) is 11.0. The van der Waals surface area contributed by atoms with E-state index in [1.54, 1.807) is 9.58 Å². The van der Waals surface area contributed by atoms with Crippen LogP contribution in [0.2, 0.25) is 0 Å². The molecule has 0 spiro atoms. The van der Waals surface area contributed by atoms with Crippen molar-refractivity contribution in [3.63, 3.8) is 0 Å². The number of carbonyl (C=O) groups excluding carboxylic acids is 3. The van der Waals surface area contributed by atoms with Crippen molar-refractivity contribution in [2.75, 3.05) is 32.8 Å². The number of aromatic nitrogens is 2. The number of aryl methyl sites for hydroxylation is 1. The Kier molecular flexibility index (Phi) is 6.36. The first kappa shape index (κ1) is 20.8. The number of hydrogen-bond acceptors (Lipinski definition) is 5. The summed E-state index contributed by atoms with van der Waals surface area (Å²) in [7, 11) is 1.86. The van der Waals surface area contributed by atoms with Gasteiger partial charge in [-0.05, 0) is 25.7 Å². The van der Waals surface area contributed by atoms with E-state index in [0.717, 1.165) is 56.6 Å². The number of ether oxygens (including phenoxy) is 1. The van der Waals surface area contributed by atoms with E-state index >= 15 is 0 Å². The Hall–Kier alpha value is -2.42. The standard InChI is InChI=1S/C21H31N5O4/c1-24-17-8-11-26(14-16(17)20(23-24)21(29)25-9-2-3-10-25)19(28)7-6-18(27)22-13-15-5-4-12-30-15/h15H,2-14H2,1H3,(H,22,27)/t15-/m1/s1. The summed E-state index contributed by atoms with van der Waals surface area (Å²) < 4.78 is 7.27. The minimum Gasteiger partial charge on any atom is -0.376 e. The molecule has 1 aromatic rings. The van der Waals surface area contributed by atoms with Gasteiger partial charge < -0.3 is 19.9 Å². The van der Waals surface area contributed by atoms with Crippen molar-refractivity contribution in [3.8, 4) is 0 Å². The van der Waals surface area contributed by atoms with Crippen molar-refractivity contribution in [1.82, 2.24) is 24.9 Å². The predicted molar refractivity (Wildman–Crippen MR) is 109 cm³/mol. The van der Waals surface area contributed by atoms with Crippen molar-refractivity contribution in [1.29, 1.82) is 0 Å². The topological polar surface area (TPSA) is 96.8 Å². The molecule has 9 nitrogen and oxygen atoms in total. The fourth-order valence-electron chi connectivity index (χ4n) is 4.55. The molecule has 0 radical (unpaired) electrons. The van der Waals surface area contributed by atoms with Crippen molar-refractivity contribution < 1.29 is 19.1 Å². The first-order valence-corrected chi connectivity index (χ1v) is 11.0. The van der Waals surface area contributed by atoms with E-state index in [1.807, 2.05) is 11.9 Å². The average Bonchev–Trinajstić information content (AvgIpc) is 3.51. The monoisotopic (exact) mass is 417 g/mol. The van der Waals surface area contributed by atoms with Crippen LogP contribution >= 0.6 is 0 Å². The molecule has 2 saturated heterocycles. The summed E-state index contributed by atoms with van der Waals surface area (Å²) in [6.07, 6.45) is 5.17. The first-order chi connectivity index (χ1) is 14.5. The third kappa shape index (κ3) is 4.50. The van der Waals surface area contributed by atoms with Crippen LogP contribution in [0, 0.1) is 0 Å². The van der Waals surface area contributed by atoms with Gasteiger partial charge in [0.05, 0.1) is 6.10 Å². The molecule has 1 N–H and O–H groups in total. The van der Waals surface area contributed by atoms with Crippen LogP contribution in [0.5, 0.6) is 0 Å². The van der Waals surface area contributed by atoms with Gasteiger partial charge in [-0.3, -0.25) is 19.1 Å². The van der Waals surface area contributed by atoms with Gasteiger partial charge in [0.2, 0.25) is 11.8 Å². The highest BCUT2D eigenvalue weighted by Gasteiger charge is 2.32.